The molecule has 3 atom stereocenters. The van der Waals surface area contributed by atoms with Gasteiger partial charge >= 0.3 is 4.87 Å². The average molecular weight is 546 g/mol. The smallest absolute Gasteiger partial charge is 0.308 e. The number of amides is 3. The predicted molar refractivity (Wildman–Crippen MR) is 134 cm³/mol. The SMILES string of the molecule is O=C(Cn1c2c(sc1=O)C(c1ccco1)C1C(=O)N(c3ccc(Cl)cc3)C(=O)C1S2)N1CCOCC1. The van der Waals surface area contributed by atoms with Gasteiger partial charge in [0, 0.05) is 18.1 Å². The number of hydrogen-bond acceptors (Lipinski definition) is 8. The number of fused-ring (bicyclic) bond motifs is 2. The van der Waals surface area contributed by atoms with Crippen LogP contribution in [-0.2, 0) is 25.7 Å². The van der Waals surface area contributed by atoms with E-state index in [2.05, 4.69) is 0 Å². The number of rotatable bonds is 4. The molecule has 36 heavy (non-hydrogen) atoms. The summed E-state index contributed by atoms with van der Waals surface area (Å²) in [6.45, 7) is 1.71. The van der Waals surface area contributed by atoms with Gasteiger partial charge in [0.1, 0.15) is 17.6 Å². The zero-order valence-electron chi connectivity index (χ0n) is 18.8. The van der Waals surface area contributed by atoms with Crippen LogP contribution in [-0.4, -0.2) is 58.7 Å². The van der Waals surface area contributed by atoms with Gasteiger partial charge in [-0.3, -0.25) is 23.7 Å². The van der Waals surface area contributed by atoms with E-state index in [1.165, 1.54) is 27.5 Å². The molecule has 6 rings (SSSR count). The summed E-state index contributed by atoms with van der Waals surface area (Å²) in [5.41, 5.74) is 0.436. The lowest BCUT2D eigenvalue weighted by molar-refractivity contribution is -0.136. The monoisotopic (exact) mass is 545 g/mol. The molecule has 2 fully saturated rings. The zero-order valence-corrected chi connectivity index (χ0v) is 21.2. The van der Waals surface area contributed by atoms with Crippen LogP contribution in [0.25, 0.3) is 0 Å². The minimum atomic E-state index is -0.769. The summed E-state index contributed by atoms with van der Waals surface area (Å²) in [4.78, 5) is 56.5. The number of imide groups is 1. The number of aromatic nitrogens is 1. The van der Waals surface area contributed by atoms with Crippen molar-refractivity contribution in [2.75, 3.05) is 31.2 Å². The quantitative estimate of drug-likeness (QED) is 0.465. The van der Waals surface area contributed by atoms with Gasteiger partial charge in [-0.1, -0.05) is 34.7 Å². The van der Waals surface area contributed by atoms with Gasteiger partial charge < -0.3 is 14.1 Å². The Kier molecular flexibility index (Phi) is 6.03. The van der Waals surface area contributed by atoms with E-state index in [-0.39, 0.29) is 29.1 Å². The molecule has 1 aromatic carbocycles. The number of hydrogen-bond donors (Lipinski definition) is 0. The third kappa shape index (κ3) is 3.81. The van der Waals surface area contributed by atoms with Crippen molar-refractivity contribution in [1.82, 2.24) is 9.47 Å². The van der Waals surface area contributed by atoms with E-state index in [9.17, 15) is 19.2 Å². The number of anilines is 1. The van der Waals surface area contributed by atoms with Gasteiger partial charge in [0.25, 0.3) is 0 Å². The first-order valence-corrected chi connectivity index (χ1v) is 13.4. The summed E-state index contributed by atoms with van der Waals surface area (Å²) in [6, 6.07) is 9.98. The summed E-state index contributed by atoms with van der Waals surface area (Å²) in [6.07, 6.45) is 1.51. The molecule has 12 heteroatoms. The molecule has 2 aromatic heterocycles. The number of halogens is 1. The third-order valence-electron chi connectivity index (χ3n) is 6.64. The number of morpholine rings is 1. The Hall–Kier alpha value is -2.86. The van der Waals surface area contributed by atoms with E-state index in [0.29, 0.717) is 52.7 Å². The predicted octanol–water partition coefficient (Wildman–Crippen LogP) is 2.81. The van der Waals surface area contributed by atoms with E-state index in [0.717, 1.165) is 11.3 Å². The molecule has 0 radical (unpaired) electrons. The number of nitrogens with zero attached hydrogens (tertiary/aromatic N) is 3. The van der Waals surface area contributed by atoms with Crippen LogP contribution in [0.5, 0.6) is 0 Å². The molecular weight excluding hydrogens is 526 g/mol. The van der Waals surface area contributed by atoms with Gasteiger partial charge in [0.05, 0.1) is 46.9 Å². The molecule has 0 spiro atoms. The van der Waals surface area contributed by atoms with Gasteiger partial charge in [0.15, 0.2) is 0 Å². The summed E-state index contributed by atoms with van der Waals surface area (Å²) >= 11 is 8.18. The number of carbonyl (C=O) groups excluding carboxylic acids is 3. The van der Waals surface area contributed by atoms with Gasteiger partial charge in [-0.2, -0.15) is 0 Å². The number of thioether (sulfide) groups is 1. The maximum atomic E-state index is 13.7. The molecular formula is C24H20ClN3O6S2. The van der Waals surface area contributed by atoms with E-state index in [4.69, 9.17) is 20.8 Å². The first-order chi connectivity index (χ1) is 17.4. The molecule has 0 aliphatic carbocycles. The van der Waals surface area contributed by atoms with Crippen LogP contribution in [0, 0.1) is 5.92 Å². The van der Waals surface area contributed by atoms with Gasteiger partial charge in [0.2, 0.25) is 17.7 Å². The maximum Gasteiger partial charge on any atom is 0.308 e. The normalized spacial score (nSPS) is 23.6. The minimum Gasteiger partial charge on any atom is -0.469 e. The fourth-order valence-corrected chi connectivity index (χ4v) is 7.80. The summed E-state index contributed by atoms with van der Waals surface area (Å²) in [5, 5.41) is 0.261. The van der Waals surface area contributed by atoms with Crippen LogP contribution in [0.2, 0.25) is 5.02 Å². The minimum absolute atomic E-state index is 0.136. The van der Waals surface area contributed by atoms with Gasteiger partial charge in [-0.05, 0) is 36.4 Å². The molecule has 0 saturated carbocycles. The Morgan fingerprint density at radius 1 is 1.06 bits per heavy atom. The lowest BCUT2D eigenvalue weighted by Gasteiger charge is -2.30. The molecule has 3 amide bonds. The first-order valence-electron chi connectivity index (χ1n) is 11.4. The van der Waals surface area contributed by atoms with Crippen molar-refractivity contribution in [3.8, 4) is 0 Å². The van der Waals surface area contributed by atoms with Crippen LogP contribution in [0.1, 0.15) is 16.6 Å². The summed E-state index contributed by atoms with van der Waals surface area (Å²) < 4.78 is 12.4. The molecule has 0 bridgehead atoms. The molecule has 3 aliphatic heterocycles. The molecule has 3 unspecified atom stereocenters. The Morgan fingerprint density at radius 2 is 1.81 bits per heavy atom. The van der Waals surface area contributed by atoms with Crippen molar-refractivity contribution >= 4 is 58.1 Å². The first kappa shape index (κ1) is 23.5. The van der Waals surface area contributed by atoms with E-state index in [1.54, 1.807) is 41.3 Å². The Bertz CT molecular complexity index is 1390. The number of carbonyl (C=O) groups is 3. The summed E-state index contributed by atoms with van der Waals surface area (Å²) in [5.74, 6) is -1.79. The molecule has 186 valence electrons. The number of ether oxygens (including phenoxy) is 1. The fourth-order valence-electron chi connectivity index (χ4n) is 4.92. The van der Waals surface area contributed by atoms with E-state index in [1.807, 2.05) is 0 Å². The van der Waals surface area contributed by atoms with Crippen molar-refractivity contribution in [2.24, 2.45) is 5.92 Å². The Balaban J connectivity index is 1.41. The highest BCUT2D eigenvalue weighted by Gasteiger charge is 2.57. The molecule has 0 N–H and O–H groups in total. The van der Waals surface area contributed by atoms with Crippen molar-refractivity contribution in [1.29, 1.82) is 0 Å². The highest BCUT2D eigenvalue weighted by molar-refractivity contribution is 8.00. The van der Waals surface area contributed by atoms with Crippen LogP contribution >= 0.6 is 34.7 Å². The topological polar surface area (TPSA) is 102 Å². The molecule has 5 heterocycles. The highest BCUT2D eigenvalue weighted by atomic mass is 35.5. The fraction of sp³-hybridized carbons (Fsp3) is 0.333. The second-order valence-electron chi connectivity index (χ2n) is 8.66. The van der Waals surface area contributed by atoms with Gasteiger partial charge in [-0.25, -0.2) is 4.90 Å². The molecule has 3 aromatic rings. The van der Waals surface area contributed by atoms with Crippen LogP contribution in [0.4, 0.5) is 5.69 Å². The van der Waals surface area contributed by atoms with E-state index < -0.39 is 17.1 Å². The lowest BCUT2D eigenvalue weighted by Crippen LogP contribution is -2.43. The van der Waals surface area contributed by atoms with Crippen molar-refractivity contribution in [3.63, 3.8) is 0 Å². The zero-order chi connectivity index (χ0) is 25.0. The van der Waals surface area contributed by atoms with Crippen molar-refractivity contribution in [2.45, 2.75) is 22.7 Å². The van der Waals surface area contributed by atoms with E-state index >= 15 is 0 Å². The highest BCUT2D eigenvalue weighted by Crippen LogP contribution is 2.53. The third-order valence-corrected chi connectivity index (χ3v) is 9.50. The standard InChI is InChI=1S/C24H20ClN3O6S2/c25-13-3-5-14(6-4-13)28-21(30)18-17(15-2-1-9-34-15)20-23(35-19(18)22(28)31)27(24(32)36-20)12-16(29)26-7-10-33-11-8-26/h1-6,9,17-19H,7-8,10-12H2. The lowest BCUT2D eigenvalue weighted by atomic mass is 9.87. The Labute approximate surface area is 218 Å². The Morgan fingerprint density at radius 3 is 2.50 bits per heavy atom. The molecule has 2 saturated heterocycles. The van der Waals surface area contributed by atoms with Crippen LogP contribution in [0.15, 0.2) is 56.9 Å². The molecule has 9 nitrogen and oxygen atoms in total. The van der Waals surface area contributed by atoms with Gasteiger partial charge in [-0.15, -0.1) is 0 Å². The summed E-state index contributed by atoms with van der Waals surface area (Å²) in [7, 11) is 0. The number of thiazole rings is 1. The number of furan rings is 1. The van der Waals surface area contributed by atoms with Crippen molar-refractivity contribution in [3.05, 3.63) is 68.0 Å². The number of benzene rings is 1. The second kappa shape index (κ2) is 9.22. The largest absolute Gasteiger partial charge is 0.469 e. The van der Waals surface area contributed by atoms with Crippen LogP contribution < -0.4 is 9.77 Å². The average Bonchev–Trinajstić information content (AvgIpc) is 3.58. The maximum absolute atomic E-state index is 13.7. The molecule has 3 aliphatic rings. The second-order valence-corrected chi connectivity index (χ2v) is 11.2. The van der Waals surface area contributed by atoms with Crippen LogP contribution in [0.3, 0.4) is 0 Å². The van der Waals surface area contributed by atoms with Crippen molar-refractivity contribution < 1.29 is 23.5 Å².